The highest BCUT2D eigenvalue weighted by atomic mass is 16.5. The van der Waals surface area contributed by atoms with E-state index in [1.165, 1.54) is 0 Å². The van der Waals surface area contributed by atoms with E-state index in [9.17, 15) is 0 Å². The normalized spacial score (nSPS) is 14.8. The first-order valence-electron chi connectivity index (χ1n) is 7.11. The minimum absolute atomic E-state index is 0.296. The summed E-state index contributed by atoms with van der Waals surface area (Å²) in [5, 5.41) is 3.52. The SMILES string of the molecule is COCCC(C)(C)CNCCC(N)CC(C)(C)C. The Morgan fingerprint density at radius 1 is 1.17 bits per heavy atom. The van der Waals surface area contributed by atoms with Crippen molar-refractivity contribution < 1.29 is 4.74 Å². The van der Waals surface area contributed by atoms with Crippen LogP contribution in [0.2, 0.25) is 0 Å². The number of hydrogen-bond acceptors (Lipinski definition) is 3. The fourth-order valence-corrected chi connectivity index (χ4v) is 2.07. The average Bonchev–Trinajstić information content (AvgIpc) is 2.19. The molecule has 0 heterocycles. The smallest absolute Gasteiger partial charge is 0.0467 e. The van der Waals surface area contributed by atoms with Gasteiger partial charge in [-0.05, 0) is 36.6 Å². The number of nitrogens with two attached hydrogens (primary N) is 1. The second-order valence-electron chi connectivity index (χ2n) is 7.40. The molecular weight excluding hydrogens is 224 g/mol. The molecule has 3 N–H and O–H groups in total. The van der Waals surface area contributed by atoms with Gasteiger partial charge in [-0.25, -0.2) is 0 Å². The molecule has 0 radical (unpaired) electrons. The lowest BCUT2D eigenvalue weighted by molar-refractivity contribution is 0.150. The Morgan fingerprint density at radius 2 is 1.78 bits per heavy atom. The minimum atomic E-state index is 0.296. The Balaban J connectivity index is 3.66. The second-order valence-corrected chi connectivity index (χ2v) is 7.40. The summed E-state index contributed by atoms with van der Waals surface area (Å²) in [5.74, 6) is 0. The highest BCUT2D eigenvalue weighted by molar-refractivity contribution is 4.74. The molecule has 1 unspecified atom stereocenters. The Hall–Kier alpha value is -0.120. The van der Waals surface area contributed by atoms with Crippen LogP contribution in [0.4, 0.5) is 0 Å². The first-order valence-corrected chi connectivity index (χ1v) is 7.11. The van der Waals surface area contributed by atoms with Crippen LogP contribution in [0.1, 0.15) is 53.9 Å². The summed E-state index contributed by atoms with van der Waals surface area (Å²) in [6, 6.07) is 0.305. The van der Waals surface area contributed by atoms with Gasteiger partial charge >= 0.3 is 0 Å². The maximum atomic E-state index is 6.13. The lowest BCUT2D eigenvalue weighted by Gasteiger charge is -2.26. The van der Waals surface area contributed by atoms with E-state index in [1.54, 1.807) is 7.11 Å². The fourth-order valence-electron chi connectivity index (χ4n) is 2.07. The molecule has 0 aliphatic rings. The Bertz CT molecular complexity index is 209. The van der Waals surface area contributed by atoms with E-state index in [1.807, 2.05) is 0 Å². The maximum Gasteiger partial charge on any atom is 0.0467 e. The van der Waals surface area contributed by atoms with Gasteiger partial charge in [-0.3, -0.25) is 0 Å². The summed E-state index contributed by atoms with van der Waals surface area (Å²) < 4.78 is 5.13. The van der Waals surface area contributed by atoms with E-state index in [0.717, 1.165) is 39.0 Å². The zero-order valence-electron chi connectivity index (χ0n) is 13.3. The van der Waals surface area contributed by atoms with Crippen molar-refractivity contribution in [2.24, 2.45) is 16.6 Å². The van der Waals surface area contributed by atoms with E-state index < -0.39 is 0 Å². The molecule has 0 aromatic rings. The number of nitrogens with one attached hydrogen (secondary N) is 1. The molecule has 0 spiro atoms. The standard InChI is InChI=1S/C15H34N2O/c1-14(2,3)11-13(16)7-9-17-12-15(4,5)8-10-18-6/h13,17H,7-12,16H2,1-6H3. The van der Waals surface area contributed by atoms with Gasteiger partial charge in [0.1, 0.15) is 0 Å². The van der Waals surface area contributed by atoms with Gasteiger partial charge in [0, 0.05) is 26.3 Å². The van der Waals surface area contributed by atoms with Gasteiger partial charge in [-0.1, -0.05) is 34.6 Å². The molecule has 0 saturated carbocycles. The predicted octanol–water partition coefficient (Wildman–Crippen LogP) is 2.79. The summed E-state index contributed by atoms with van der Waals surface area (Å²) in [6.07, 6.45) is 3.23. The lowest BCUT2D eigenvalue weighted by atomic mass is 9.87. The van der Waals surface area contributed by atoms with Crippen molar-refractivity contribution in [3.8, 4) is 0 Å². The summed E-state index contributed by atoms with van der Waals surface area (Å²) in [5.41, 5.74) is 6.76. The highest BCUT2D eigenvalue weighted by Gasteiger charge is 2.18. The van der Waals surface area contributed by atoms with E-state index >= 15 is 0 Å². The third-order valence-corrected chi connectivity index (χ3v) is 3.15. The molecular formula is C15H34N2O. The fraction of sp³-hybridized carbons (Fsp3) is 1.00. The van der Waals surface area contributed by atoms with Crippen LogP contribution in [0.15, 0.2) is 0 Å². The summed E-state index contributed by atoms with van der Waals surface area (Å²) in [4.78, 5) is 0. The molecule has 0 aromatic carbocycles. The van der Waals surface area contributed by atoms with Crippen LogP contribution >= 0.6 is 0 Å². The molecule has 0 saturated heterocycles. The van der Waals surface area contributed by atoms with E-state index in [0.29, 0.717) is 16.9 Å². The quantitative estimate of drug-likeness (QED) is 0.625. The van der Waals surface area contributed by atoms with Gasteiger partial charge in [0.2, 0.25) is 0 Å². The molecule has 1 atom stereocenters. The first kappa shape index (κ1) is 17.9. The van der Waals surface area contributed by atoms with Gasteiger partial charge in [0.05, 0.1) is 0 Å². The van der Waals surface area contributed by atoms with E-state index in [-0.39, 0.29) is 0 Å². The van der Waals surface area contributed by atoms with Crippen molar-refractivity contribution in [1.29, 1.82) is 0 Å². The monoisotopic (exact) mass is 258 g/mol. The lowest BCUT2D eigenvalue weighted by Crippen LogP contribution is -2.35. The highest BCUT2D eigenvalue weighted by Crippen LogP contribution is 2.21. The Kier molecular flexibility index (Phi) is 8.08. The zero-order chi connectivity index (χ0) is 14.2. The first-order chi connectivity index (χ1) is 8.16. The van der Waals surface area contributed by atoms with Crippen molar-refractivity contribution in [2.75, 3.05) is 26.8 Å². The van der Waals surface area contributed by atoms with Crippen LogP contribution in [0, 0.1) is 10.8 Å². The molecule has 0 aliphatic carbocycles. The molecule has 110 valence electrons. The van der Waals surface area contributed by atoms with Gasteiger partial charge < -0.3 is 15.8 Å². The molecule has 0 aliphatic heterocycles. The van der Waals surface area contributed by atoms with E-state index in [4.69, 9.17) is 10.5 Å². The molecule has 0 fully saturated rings. The topological polar surface area (TPSA) is 47.3 Å². The van der Waals surface area contributed by atoms with Crippen LogP contribution < -0.4 is 11.1 Å². The molecule has 0 bridgehead atoms. The van der Waals surface area contributed by atoms with Gasteiger partial charge in [-0.2, -0.15) is 0 Å². The van der Waals surface area contributed by atoms with Crippen molar-refractivity contribution in [2.45, 2.75) is 59.9 Å². The van der Waals surface area contributed by atoms with Gasteiger partial charge in [0.15, 0.2) is 0 Å². The molecule has 3 heteroatoms. The molecule has 0 rings (SSSR count). The molecule has 0 aromatic heterocycles. The zero-order valence-corrected chi connectivity index (χ0v) is 13.3. The molecule has 0 amide bonds. The maximum absolute atomic E-state index is 6.13. The number of hydrogen-bond donors (Lipinski definition) is 2. The minimum Gasteiger partial charge on any atom is -0.385 e. The Labute approximate surface area is 114 Å². The summed E-state index contributed by atoms with van der Waals surface area (Å²) in [6.45, 7) is 14.1. The van der Waals surface area contributed by atoms with Crippen LogP contribution in [0.25, 0.3) is 0 Å². The largest absolute Gasteiger partial charge is 0.385 e. The van der Waals surface area contributed by atoms with Crippen LogP contribution in [0.5, 0.6) is 0 Å². The van der Waals surface area contributed by atoms with Crippen LogP contribution in [-0.2, 0) is 4.74 Å². The van der Waals surface area contributed by atoms with Gasteiger partial charge in [-0.15, -0.1) is 0 Å². The van der Waals surface area contributed by atoms with Crippen molar-refractivity contribution in [1.82, 2.24) is 5.32 Å². The summed E-state index contributed by atoms with van der Waals surface area (Å²) in [7, 11) is 1.76. The van der Waals surface area contributed by atoms with Gasteiger partial charge in [0.25, 0.3) is 0 Å². The van der Waals surface area contributed by atoms with Crippen LogP contribution in [0.3, 0.4) is 0 Å². The summed E-state index contributed by atoms with van der Waals surface area (Å²) >= 11 is 0. The van der Waals surface area contributed by atoms with Crippen molar-refractivity contribution >= 4 is 0 Å². The second kappa shape index (κ2) is 8.13. The van der Waals surface area contributed by atoms with E-state index in [2.05, 4.69) is 39.9 Å². The number of ether oxygens (including phenoxy) is 1. The van der Waals surface area contributed by atoms with Crippen molar-refractivity contribution in [3.63, 3.8) is 0 Å². The Morgan fingerprint density at radius 3 is 2.28 bits per heavy atom. The molecule has 18 heavy (non-hydrogen) atoms. The average molecular weight is 258 g/mol. The predicted molar refractivity (Wildman–Crippen MR) is 79.8 cm³/mol. The third-order valence-electron chi connectivity index (χ3n) is 3.15. The van der Waals surface area contributed by atoms with Crippen LogP contribution in [-0.4, -0.2) is 32.8 Å². The number of methoxy groups -OCH3 is 1. The van der Waals surface area contributed by atoms with Crippen molar-refractivity contribution in [3.05, 3.63) is 0 Å². The number of rotatable bonds is 9. The molecule has 3 nitrogen and oxygen atoms in total. The third kappa shape index (κ3) is 11.0.